The van der Waals surface area contributed by atoms with Gasteiger partial charge in [-0.15, -0.1) is 0 Å². The van der Waals surface area contributed by atoms with E-state index in [0.29, 0.717) is 13.1 Å². The molecule has 9 N–H and O–H groups in total. The second-order valence-electron chi connectivity index (χ2n) is 12.2. The van der Waals surface area contributed by atoms with E-state index >= 15 is 4.39 Å². The van der Waals surface area contributed by atoms with E-state index in [1.807, 2.05) is 4.90 Å². The number of ketones is 2. The number of nitrogens with one attached hydrogen (secondary N) is 2. The van der Waals surface area contributed by atoms with E-state index in [1.54, 1.807) is 0 Å². The molecule has 0 bridgehead atoms. The van der Waals surface area contributed by atoms with E-state index in [-0.39, 0.29) is 29.8 Å². The van der Waals surface area contributed by atoms with Gasteiger partial charge >= 0.3 is 0 Å². The number of hydrogen-bond donors (Lipinski definition) is 8. The minimum Gasteiger partial charge on any atom is -0.508 e. The van der Waals surface area contributed by atoms with Crippen LogP contribution in [0.1, 0.15) is 40.7 Å². The molecule has 0 unspecified atom stereocenters. The fourth-order valence-electron chi connectivity index (χ4n) is 7.18. The van der Waals surface area contributed by atoms with Gasteiger partial charge in [-0.05, 0) is 56.8 Å². The van der Waals surface area contributed by atoms with E-state index in [2.05, 4.69) is 10.6 Å². The number of aromatic hydroxyl groups is 2. The highest BCUT2D eigenvalue weighted by Gasteiger charge is 2.64. The van der Waals surface area contributed by atoms with Crippen molar-refractivity contribution in [1.82, 2.24) is 10.2 Å². The largest absolute Gasteiger partial charge is 0.508 e. The van der Waals surface area contributed by atoms with Crippen molar-refractivity contribution in [3.8, 4) is 11.5 Å². The number of carbonyl (C=O) groups excluding carboxylic acids is 5. The molecule has 15 heteroatoms. The van der Waals surface area contributed by atoms with Crippen molar-refractivity contribution in [2.45, 2.75) is 37.3 Å². The second-order valence-corrected chi connectivity index (χ2v) is 12.2. The number of aliphatic hydroxyl groups excluding tert-OH is 2. The number of phenols is 2. The lowest BCUT2D eigenvalue weighted by Gasteiger charge is -2.48. The molecular formula is C32H31FN4O10. The SMILES string of the molecule is NC(=O)C1=C(O)[C@@]2(O)C(=O)C3=C(O)c4c(O)c(NC(=O)CN5CCCC5)cc(F)c4C[C@H]3C[C@H]2[C@H](NC(=O)c2ccccc2O)C1=O. The smallest absolute Gasteiger partial charge is 0.255 e. The maximum atomic E-state index is 15.6. The molecule has 2 aromatic rings. The zero-order valence-electron chi connectivity index (χ0n) is 24.7. The highest BCUT2D eigenvalue weighted by Crippen LogP contribution is 2.53. The van der Waals surface area contributed by atoms with E-state index in [4.69, 9.17) is 5.73 Å². The number of rotatable bonds is 6. The van der Waals surface area contributed by atoms with E-state index in [9.17, 15) is 49.5 Å². The minimum absolute atomic E-state index is 0.0195. The molecule has 3 amide bonds. The lowest BCUT2D eigenvalue weighted by Crippen LogP contribution is -2.66. The number of aliphatic hydroxyl groups is 3. The molecular weight excluding hydrogens is 619 g/mol. The van der Waals surface area contributed by atoms with Gasteiger partial charge in [0, 0.05) is 23.1 Å². The normalized spacial score (nSPS) is 25.6. The van der Waals surface area contributed by atoms with Crippen LogP contribution >= 0.6 is 0 Å². The number of Topliss-reactive ketones (excluding diaryl/α,β-unsaturated/α-hetero) is 2. The molecule has 6 rings (SSSR count). The van der Waals surface area contributed by atoms with Crippen molar-refractivity contribution in [2.75, 3.05) is 25.0 Å². The lowest BCUT2D eigenvalue weighted by molar-refractivity contribution is -0.150. The average molecular weight is 651 g/mol. The van der Waals surface area contributed by atoms with Crippen LogP contribution in [-0.2, 0) is 25.6 Å². The van der Waals surface area contributed by atoms with Crippen LogP contribution in [0.4, 0.5) is 10.1 Å². The first kappa shape index (κ1) is 31.7. The Morgan fingerprint density at radius 2 is 1.74 bits per heavy atom. The molecule has 4 atom stereocenters. The number of nitrogens with zero attached hydrogens (tertiary/aromatic N) is 1. The van der Waals surface area contributed by atoms with Gasteiger partial charge in [0.2, 0.25) is 11.7 Å². The number of para-hydroxylation sites is 1. The summed E-state index contributed by atoms with van der Waals surface area (Å²) in [4.78, 5) is 67.5. The molecule has 1 heterocycles. The molecule has 14 nitrogen and oxygen atoms in total. The first-order chi connectivity index (χ1) is 22.2. The Labute approximate surface area is 266 Å². The number of hydrogen-bond acceptors (Lipinski definition) is 11. The molecule has 0 aromatic heterocycles. The van der Waals surface area contributed by atoms with Gasteiger partial charge < -0.3 is 41.9 Å². The van der Waals surface area contributed by atoms with Crippen molar-refractivity contribution >= 4 is 40.7 Å². The summed E-state index contributed by atoms with van der Waals surface area (Å²) in [5, 5.41) is 60.3. The quantitative estimate of drug-likeness (QED) is 0.160. The molecule has 3 aliphatic carbocycles. The lowest BCUT2D eigenvalue weighted by atomic mass is 9.57. The first-order valence-corrected chi connectivity index (χ1v) is 14.9. The summed E-state index contributed by atoms with van der Waals surface area (Å²) >= 11 is 0. The zero-order valence-corrected chi connectivity index (χ0v) is 24.7. The molecule has 1 saturated heterocycles. The Balaban J connectivity index is 1.41. The third kappa shape index (κ3) is 4.98. The number of primary amides is 1. The van der Waals surface area contributed by atoms with Gasteiger partial charge in [0.25, 0.3) is 11.8 Å². The monoisotopic (exact) mass is 650 g/mol. The van der Waals surface area contributed by atoms with Crippen LogP contribution in [0.3, 0.4) is 0 Å². The van der Waals surface area contributed by atoms with Crippen molar-refractivity contribution in [2.24, 2.45) is 17.6 Å². The van der Waals surface area contributed by atoms with Gasteiger partial charge in [-0.3, -0.25) is 28.9 Å². The van der Waals surface area contributed by atoms with E-state index in [0.717, 1.165) is 18.9 Å². The van der Waals surface area contributed by atoms with Crippen molar-refractivity contribution < 1.29 is 53.9 Å². The summed E-state index contributed by atoms with van der Waals surface area (Å²) in [6.45, 7) is 1.37. The maximum Gasteiger partial charge on any atom is 0.255 e. The molecule has 1 aliphatic heterocycles. The first-order valence-electron chi connectivity index (χ1n) is 14.9. The molecule has 2 fully saturated rings. The number of phenolic OH excluding ortho intramolecular Hbond substituents is 2. The van der Waals surface area contributed by atoms with E-state index in [1.165, 1.54) is 24.3 Å². The van der Waals surface area contributed by atoms with E-state index < -0.39 is 105 Å². The van der Waals surface area contributed by atoms with Crippen LogP contribution in [0.5, 0.6) is 11.5 Å². The van der Waals surface area contributed by atoms with Crippen LogP contribution < -0.4 is 16.4 Å². The summed E-state index contributed by atoms with van der Waals surface area (Å²) in [5.74, 6) is -12.9. The zero-order chi connectivity index (χ0) is 33.9. The number of anilines is 1. The minimum atomic E-state index is -3.08. The standard InChI is InChI=1S/C32H31FN4O10/c33-17-11-18(35-20(39)12-37-7-3-4-8-37)25(40)22-15(17)9-13-10-16-24(36-31(46)14-5-1-2-6-19(14)38)27(42)23(30(34)45)29(44)32(16,47)28(43)21(13)26(22)41/h1-2,5-6,11,13,16,24,38,40-41,44,47H,3-4,7-10,12H2,(H2,34,45)(H,35,39)(H,36,46)/t13-,16-,24-,32-/m0/s1. The van der Waals surface area contributed by atoms with Gasteiger partial charge in [-0.25, -0.2) is 4.39 Å². The number of fused-ring (bicyclic) bond motifs is 3. The Kier molecular flexibility index (Phi) is 7.76. The number of likely N-dealkylation sites (tertiary alicyclic amines) is 1. The van der Waals surface area contributed by atoms with Gasteiger partial charge in [0.05, 0.1) is 29.4 Å². The van der Waals surface area contributed by atoms with Crippen LogP contribution in [0, 0.1) is 17.7 Å². The predicted octanol–water partition coefficient (Wildman–Crippen LogP) is 0.711. The summed E-state index contributed by atoms with van der Waals surface area (Å²) in [5.41, 5.74) is -0.830. The van der Waals surface area contributed by atoms with Gasteiger partial charge in [-0.1, -0.05) is 12.1 Å². The summed E-state index contributed by atoms with van der Waals surface area (Å²) < 4.78 is 15.6. The van der Waals surface area contributed by atoms with Crippen LogP contribution in [0.2, 0.25) is 0 Å². The third-order valence-electron chi connectivity index (χ3n) is 9.42. The Bertz CT molecular complexity index is 1830. The summed E-state index contributed by atoms with van der Waals surface area (Å²) in [6, 6.07) is 4.33. The highest BCUT2D eigenvalue weighted by atomic mass is 19.1. The Morgan fingerprint density at radius 1 is 1.06 bits per heavy atom. The van der Waals surface area contributed by atoms with Crippen molar-refractivity contribution in [3.63, 3.8) is 0 Å². The number of nitrogens with two attached hydrogens (primary N) is 1. The fourth-order valence-corrected chi connectivity index (χ4v) is 7.18. The Hall–Kier alpha value is -5.28. The molecule has 2 aromatic carbocycles. The molecule has 246 valence electrons. The molecule has 1 saturated carbocycles. The average Bonchev–Trinajstić information content (AvgIpc) is 3.52. The van der Waals surface area contributed by atoms with Crippen LogP contribution in [0.25, 0.3) is 5.76 Å². The topological polar surface area (TPSA) is 240 Å². The number of carbonyl (C=O) groups is 5. The van der Waals surface area contributed by atoms with Gasteiger partial charge in [0.15, 0.2) is 17.1 Å². The van der Waals surface area contributed by atoms with Crippen molar-refractivity contribution in [1.29, 1.82) is 0 Å². The Morgan fingerprint density at radius 3 is 2.40 bits per heavy atom. The third-order valence-corrected chi connectivity index (χ3v) is 9.42. The molecule has 0 radical (unpaired) electrons. The number of halogens is 1. The van der Waals surface area contributed by atoms with Crippen molar-refractivity contribution in [3.05, 3.63) is 69.7 Å². The highest BCUT2D eigenvalue weighted by molar-refractivity contribution is 6.25. The van der Waals surface area contributed by atoms with Crippen LogP contribution in [-0.4, -0.2) is 91.0 Å². The molecule has 0 spiro atoms. The van der Waals surface area contributed by atoms with Gasteiger partial charge in [0.1, 0.15) is 28.7 Å². The second kappa shape index (κ2) is 11.5. The maximum absolute atomic E-state index is 15.6. The fraction of sp³-hybridized carbons (Fsp3) is 0.344. The summed E-state index contributed by atoms with van der Waals surface area (Å²) in [6.07, 6.45) is 1.08. The van der Waals surface area contributed by atoms with Gasteiger partial charge in [-0.2, -0.15) is 0 Å². The predicted molar refractivity (Wildman–Crippen MR) is 160 cm³/mol. The molecule has 4 aliphatic rings. The molecule has 47 heavy (non-hydrogen) atoms. The number of amides is 3. The van der Waals surface area contributed by atoms with Crippen LogP contribution in [0.15, 0.2) is 47.2 Å². The summed E-state index contributed by atoms with van der Waals surface area (Å²) in [7, 11) is 0. The number of benzene rings is 2.